The number of pyridine rings is 1. The summed E-state index contributed by atoms with van der Waals surface area (Å²) in [6, 6.07) is 6.31. The van der Waals surface area contributed by atoms with Crippen LogP contribution >= 0.6 is 0 Å². The van der Waals surface area contributed by atoms with Crippen LogP contribution in [0, 0.1) is 18.8 Å². The Balaban J connectivity index is 1.34. The van der Waals surface area contributed by atoms with Gasteiger partial charge in [0, 0.05) is 42.8 Å². The van der Waals surface area contributed by atoms with Crippen LogP contribution in [-0.2, 0) is 11.3 Å². The first kappa shape index (κ1) is 16.6. The zero-order chi connectivity index (χ0) is 17.6. The van der Waals surface area contributed by atoms with Crippen molar-refractivity contribution >= 4 is 16.9 Å². The third kappa shape index (κ3) is 3.30. The van der Waals surface area contributed by atoms with Gasteiger partial charge in [0.1, 0.15) is 5.65 Å². The Kier molecular flexibility index (Phi) is 4.07. The molecule has 0 spiro atoms. The lowest BCUT2D eigenvalue weighted by Crippen LogP contribution is -2.51. The van der Waals surface area contributed by atoms with Crippen LogP contribution in [0.1, 0.15) is 38.3 Å². The van der Waals surface area contributed by atoms with E-state index in [1.54, 1.807) is 0 Å². The highest BCUT2D eigenvalue weighted by Gasteiger charge is 2.44. The summed E-state index contributed by atoms with van der Waals surface area (Å²) in [4.78, 5) is 19.2. The summed E-state index contributed by atoms with van der Waals surface area (Å²) in [6.07, 6.45) is 5.45. The predicted octanol–water partition coefficient (Wildman–Crippen LogP) is 2.74. The quantitative estimate of drug-likeness (QED) is 0.934. The van der Waals surface area contributed by atoms with E-state index < -0.39 is 5.60 Å². The maximum absolute atomic E-state index is 12.5. The fourth-order valence-corrected chi connectivity index (χ4v) is 4.35. The third-order valence-electron chi connectivity index (χ3n) is 5.85. The fourth-order valence-electron chi connectivity index (χ4n) is 4.35. The van der Waals surface area contributed by atoms with Gasteiger partial charge in [-0.1, -0.05) is 0 Å². The first-order valence-corrected chi connectivity index (χ1v) is 9.35. The van der Waals surface area contributed by atoms with Gasteiger partial charge in [-0.3, -0.25) is 4.79 Å². The Labute approximate surface area is 148 Å². The number of amides is 1. The van der Waals surface area contributed by atoms with E-state index in [1.165, 1.54) is 5.39 Å². The van der Waals surface area contributed by atoms with Crippen LogP contribution in [0.3, 0.4) is 0 Å². The van der Waals surface area contributed by atoms with Gasteiger partial charge in [-0.25, -0.2) is 4.98 Å². The largest absolute Gasteiger partial charge is 0.390 e. The zero-order valence-corrected chi connectivity index (χ0v) is 15.1. The van der Waals surface area contributed by atoms with Crippen molar-refractivity contribution in [2.45, 2.75) is 51.7 Å². The van der Waals surface area contributed by atoms with Gasteiger partial charge in [0.15, 0.2) is 0 Å². The molecule has 1 N–H and O–H groups in total. The number of aliphatic hydroxyl groups is 1. The minimum atomic E-state index is -0.626. The number of hydrogen-bond acceptors (Lipinski definition) is 3. The molecule has 0 aromatic carbocycles. The van der Waals surface area contributed by atoms with Crippen LogP contribution in [0.25, 0.3) is 11.0 Å². The van der Waals surface area contributed by atoms with Crippen LogP contribution in [0.5, 0.6) is 0 Å². The van der Waals surface area contributed by atoms with Crippen molar-refractivity contribution in [1.29, 1.82) is 0 Å². The van der Waals surface area contributed by atoms with E-state index in [4.69, 9.17) is 0 Å². The molecule has 0 atom stereocenters. The number of hydrogen-bond donors (Lipinski definition) is 1. The monoisotopic (exact) mass is 341 g/mol. The first-order chi connectivity index (χ1) is 11.9. The lowest BCUT2D eigenvalue weighted by molar-refractivity contribution is -0.151. The molecule has 2 aromatic heterocycles. The van der Waals surface area contributed by atoms with E-state index in [1.807, 2.05) is 18.7 Å². The van der Waals surface area contributed by atoms with E-state index in [-0.39, 0.29) is 11.8 Å². The molecule has 1 aliphatic carbocycles. The lowest BCUT2D eigenvalue weighted by Gasteiger charge is -2.43. The van der Waals surface area contributed by atoms with Gasteiger partial charge in [0.25, 0.3) is 0 Å². The molecule has 25 heavy (non-hydrogen) atoms. The average molecular weight is 341 g/mol. The Morgan fingerprint density at radius 1 is 1.28 bits per heavy atom. The summed E-state index contributed by atoms with van der Waals surface area (Å²) < 4.78 is 2.26. The molecule has 5 nitrogen and oxygen atoms in total. The number of likely N-dealkylation sites (tertiary alicyclic amines) is 1. The summed E-state index contributed by atoms with van der Waals surface area (Å²) in [6.45, 7) is 6.50. The SMILES string of the molecule is Cc1ccc2ccn(CC3CCN(C(=O)[C@H]4C[C@@](C)(O)C4)CC3)c2n1. The fraction of sp³-hybridized carbons (Fsp3) is 0.600. The lowest BCUT2D eigenvalue weighted by atomic mass is 9.71. The summed E-state index contributed by atoms with van der Waals surface area (Å²) in [7, 11) is 0. The molecule has 4 rings (SSSR count). The first-order valence-electron chi connectivity index (χ1n) is 9.35. The summed E-state index contributed by atoms with van der Waals surface area (Å²) >= 11 is 0. The third-order valence-corrected chi connectivity index (χ3v) is 5.85. The van der Waals surface area contributed by atoms with E-state index in [0.29, 0.717) is 18.8 Å². The number of piperidine rings is 1. The van der Waals surface area contributed by atoms with Crippen LogP contribution in [0.4, 0.5) is 0 Å². The number of nitrogens with zero attached hydrogens (tertiary/aromatic N) is 3. The molecule has 1 saturated heterocycles. The molecule has 1 aliphatic heterocycles. The highest BCUT2D eigenvalue weighted by molar-refractivity contribution is 5.80. The molecule has 2 fully saturated rings. The van der Waals surface area contributed by atoms with Crippen molar-refractivity contribution in [3.05, 3.63) is 30.1 Å². The average Bonchev–Trinajstić information content (AvgIpc) is 2.95. The van der Waals surface area contributed by atoms with Gasteiger partial charge >= 0.3 is 0 Å². The second-order valence-electron chi connectivity index (χ2n) is 8.20. The molecule has 2 aliphatic rings. The number of aryl methyl sites for hydroxylation is 1. The van der Waals surface area contributed by atoms with Crippen molar-refractivity contribution < 1.29 is 9.90 Å². The van der Waals surface area contributed by atoms with Crippen LogP contribution in [-0.4, -0.2) is 44.2 Å². The predicted molar refractivity (Wildman–Crippen MR) is 97.1 cm³/mol. The molecule has 1 amide bonds. The molecule has 134 valence electrons. The Bertz CT molecular complexity index is 779. The van der Waals surface area contributed by atoms with E-state index >= 15 is 0 Å². The zero-order valence-electron chi connectivity index (χ0n) is 15.1. The smallest absolute Gasteiger partial charge is 0.225 e. The summed E-state index contributed by atoms with van der Waals surface area (Å²) in [5.74, 6) is 0.868. The number of carbonyl (C=O) groups excluding carboxylic acids is 1. The standard InChI is InChI=1S/C20H27N3O2/c1-14-3-4-16-7-10-23(18(16)21-14)13-15-5-8-22(9-6-15)19(24)17-11-20(2,25)12-17/h3-4,7,10,15,17,25H,5-6,8-9,11-13H2,1-2H3/t17-,20+. The number of carbonyl (C=O) groups is 1. The van der Waals surface area contributed by atoms with Crippen molar-refractivity contribution in [3.63, 3.8) is 0 Å². The van der Waals surface area contributed by atoms with Crippen molar-refractivity contribution in [2.24, 2.45) is 11.8 Å². The normalized spacial score (nSPS) is 27.5. The van der Waals surface area contributed by atoms with Gasteiger partial charge in [-0.15, -0.1) is 0 Å². The molecule has 0 radical (unpaired) electrons. The van der Waals surface area contributed by atoms with Gasteiger partial charge in [0.05, 0.1) is 5.60 Å². The molecule has 1 saturated carbocycles. The maximum atomic E-state index is 12.5. The maximum Gasteiger partial charge on any atom is 0.225 e. The number of aromatic nitrogens is 2. The molecule has 3 heterocycles. The van der Waals surface area contributed by atoms with Crippen molar-refractivity contribution in [2.75, 3.05) is 13.1 Å². The Hall–Kier alpha value is -1.88. The van der Waals surface area contributed by atoms with Crippen molar-refractivity contribution in [1.82, 2.24) is 14.5 Å². The highest BCUT2D eigenvalue weighted by Crippen LogP contribution is 2.39. The Morgan fingerprint density at radius 3 is 2.68 bits per heavy atom. The number of fused-ring (bicyclic) bond motifs is 1. The van der Waals surface area contributed by atoms with Gasteiger partial charge < -0.3 is 14.6 Å². The minimum Gasteiger partial charge on any atom is -0.390 e. The molecular weight excluding hydrogens is 314 g/mol. The van der Waals surface area contributed by atoms with Gasteiger partial charge in [0.2, 0.25) is 5.91 Å². The topological polar surface area (TPSA) is 58.4 Å². The second kappa shape index (κ2) is 6.13. The summed E-state index contributed by atoms with van der Waals surface area (Å²) in [5, 5.41) is 11.0. The molecule has 2 aromatic rings. The summed E-state index contributed by atoms with van der Waals surface area (Å²) in [5.41, 5.74) is 1.48. The van der Waals surface area contributed by atoms with E-state index in [0.717, 1.165) is 43.8 Å². The molecular formula is C20H27N3O2. The van der Waals surface area contributed by atoms with Crippen LogP contribution < -0.4 is 0 Å². The molecule has 0 bridgehead atoms. The highest BCUT2D eigenvalue weighted by atomic mass is 16.3. The minimum absolute atomic E-state index is 0.0344. The van der Waals surface area contributed by atoms with E-state index in [2.05, 4.69) is 33.9 Å². The van der Waals surface area contributed by atoms with Gasteiger partial charge in [-0.2, -0.15) is 0 Å². The van der Waals surface area contributed by atoms with E-state index in [9.17, 15) is 9.90 Å². The second-order valence-corrected chi connectivity index (χ2v) is 8.20. The molecule has 5 heteroatoms. The van der Waals surface area contributed by atoms with Gasteiger partial charge in [-0.05, 0) is 63.6 Å². The van der Waals surface area contributed by atoms with Crippen molar-refractivity contribution in [3.8, 4) is 0 Å². The number of rotatable bonds is 3. The molecule has 0 unspecified atom stereocenters. The van der Waals surface area contributed by atoms with Crippen LogP contribution in [0.2, 0.25) is 0 Å². The van der Waals surface area contributed by atoms with Crippen LogP contribution in [0.15, 0.2) is 24.4 Å². The Morgan fingerprint density at radius 2 is 2.00 bits per heavy atom.